The Morgan fingerprint density at radius 1 is 0.946 bits per heavy atom. The number of Topliss-reactive ketones (excluding diaryl/α,β-unsaturated/α-hetero) is 1. The molecule has 0 bridgehead atoms. The first-order valence-corrected chi connectivity index (χ1v) is 11.9. The number of aromatic nitrogens is 6. The molecular weight excluding hydrogens is 472 g/mol. The van der Waals surface area contributed by atoms with E-state index in [2.05, 4.69) is 15.2 Å². The van der Waals surface area contributed by atoms with Crippen molar-refractivity contribution in [2.24, 2.45) is 0 Å². The Balaban J connectivity index is 1.64. The number of hydrogen-bond acceptors (Lipinski definition) is 7. The third kappa shape index (κ3) is 4.46. The molecular formula is C27H28N6O4. The number of ketones is 1. The van der Waals surface area contributed by atoms with Gasteiger partial charge in [-0.2, -0.15) is 9.61 Å². The summed E-state index contributed by atoms with van der Waals surface area (Å²) in [6.45, 7) is 6.31. The van der Waals surface area contributed by atoms with Crippen molar-refractivity contribution in [3.63, 3.8) is 0 Å². The minimum absolute atomic E-state index is 0.162. The maximum atomic E-state index is 13.6. The molecule has 0 aliphatic carbocycles. The fourth-order valence-corrected chi connectivity index (χ4v) is 4.49. The number of hydrogen-bond donors (Lipinski definition) is 0. The summed E-state index contributed by atoms with van der Waals surface area (Å²) in [6, 6.07) is 12.7. The van der Waals surface area contributed by atoms with Crippen LogP contribution in [0.3, 0.4) is 0 Å². The molecule has 0 saturated carbocycles. The zero-order chi connectivity index (χ0) is 26.3. The Morgan fingerprint density at radius 3 is 2.30 bits per heavy atom. The van der Waals surface area contributed by atoms with E-state index in [1.165, 1.54) is 16.2 Å². The maximum absolute atomic E-state index is 13.6. The third-order valence-electron chi connectivity index (χ3n) is 6.42. The van der Waals surface area contributed by atoms with Gasteiger partial charge in [0.25, 0.3) is 0 Å². The Hall–Kier alpha value is -4.47. The average molecular weight is 501 g/mol. The van der Waals surface area contributed by atoms with Crippen molar-refractivity contribution in [2.45, 2.75) is 40.3 Å². The summed E-state index contributed by atoms with van der Waals surface area (Å²) in [7, 11) is 3.07. The van der Waals surface area contributed by atoms with Crippen molar-refractivity contribution in [3.8, 4) is 11.5 Å². The summed E-state index contributed by atoms with van der Waals surface area (Å²) >= 11 is 0. The monoisotopic (exact) mass is 500 g/mol. The van der Waals surface area contributed by atoms with Crippen LogP contribution < -0.4 is 15.2 Å². The SMILES string of the molecule is COc1cc2c(cc1OC)n(CC(=O)c1ccc(C)cc1)c(=O)n1nc(CCn3nc(C)cc3C)nc21. The number of rotatable bonds is 8. The van der Waals surface area contributed by atoms with Crippen molar-refractivity contribution < 1.29 is 14.3 Å². The van der Waals surface area contributed by atoms with Crippen LogP contribution in [0.25, 0.3) is 16.6 Å². The normalized spacial score (nSPS) is 11.4. The van der Waals surface area contributed by atoms with Crippen LogP contribution in [0.5, 0.6) is 11.5 Å². The summed E-state index contributed by atoms with van der Waals surface area (Å²) < 4.78 is 15.5. The van der Waals surface area contributed by atoms with Gasteiger partial charge in [-0.15, -0.1) is 5.10 Å². The smallest absolute Gasteiger partial charge is 0.351 e. The van der Waals surface area contributed by atoms with Crippen LogP contribution >= 0.6 is 0 Å². The van der Waals surface area contributed by atoms with Gasteiger partial charge in [0.05, 0.1) is 32.0 Å². The van der Waals surface area contributed by atoms with E-state index in [1.807, 2.05) is 43.7 Å². The number of carbonyl (C=O) groups is 1. The predicted octanol–water partition coefficient (Wildman–Crippen LogP) is 3.31. The fourth-order valence-electron chi connectivity index (χ4n) is 4.49. The second-order valence-electron chi connectivity index (χ2n) is 9.05. The number of ether oxygens (including phenoxy) is 2. The number of carbonyl (C=O) groups excluding carboxylic acids is 1. The topological polar surface area (TPSA) is 106 Å². The first-order valence-electron chi connectivity index (χ1n) is 11.9. The summed E-state index contributed by atoms with van der Waals surface area (Å²) in [5.41, 5.74) is 3.99. The lowest BCUT2D eigenvalue weighted by atomic mass is 10.1. The zero-order valence-electron chi connectivity index (χ0n) is 21.5. The van der Waals surface area contributed by atoms with Crippen molar-refractivity contribution in [3.05, 3.63) is 81.3 Å². The van der Waals surface area contributed by atoms with Gasteiger partial charge >= 0.3 is 5.69 Å². The molecule has 0 spiro atoms. The Labute approximate surface area is 213 Å². The van der Waals surface area contributed by atoms with Crippen LogP contribution in [0.15, 0.2) is 47.3 Å². The van der Waals surface area contributed by atoms with Gasteiger partial charge < -0.3 is 9.47 Å². The highest BCUT2D eigenvalue weighted by Gasteiger charge is 2.20. The predicted molar refractivity (Wildman–Crippen MR) is 139 cm³/mol. The van der Waals surface area contributed by atoms with Crippen molar-refractivity contribution >= 4 is 22.3 Å². The molecule has 0 atom stereocenters. The van der Waals surface area contributed by atoms with Gasteiger partial charge in [-0.1, -0.05) is 29.8 Å². The largest absolute Gasteiger partial charge is 0.493 e. The van der Waals surface area contributed by atoms with E-state index < -0.39 is 5.69 Å². The summed E-state index contributed by atoms with van der Waals surface area (Å²) in [5.74, 6) is 1.24. The molecule has 3 heterocycles. The maximum Gasteiger partial charge on any atom is 0.351 e. The first-order chi connectivity index (χ1) is 17.8. The van der Waals surface area contributed by atoms with Crippen LogP contribution in [0, 0.1) is 20.8 Å². The Bertz CT molecular complexity index is 1690. The lowest BCUT2D eigenvalue weighted by molar-refractivity contribution is 0.0971. The minimum Gasteiger partial charge on any atom is -0.493 e. The van der Waals surface area contributed by atoms with E-state index in [4.69, 9.17) is 9.47 Å². The molecule has 0 N–H and O–H groups in total. The van der Waals surface area contributed by atoms with E-state index in [9.17, 15) is 9.59 Å². The highest BCUT2D eigenvalue weighted by Crippen LogP contribution is 2.33. The van der Waals surface area contributed by atoms with Crippen LogP contribution in [0.2, 0.25) is 0 Å². The van der Waals surface area contributed by atoms with E-state index in [1.54, 1.807) is 31.4 Å². The molecule has 0 aliphatic rings. The highest BCUT2D eigenvalue weighted by molar-refractivity contribution is 5.98. The average Bonchev–Trinajstić information content (AvgIpc) is 3.47. The molecule has 3 aromatic heterocycles. The van der Waals surface area contributed by atoms with Crippen LogP contribution in [0.1, 0.15) is 33.1 Å². The first kappa shape index (κ1) is 24.2. The molecule has 5 rings (SSSR count). The van der Waals surface area contributed by atoms with Gasteiger partial charge in [0, 0.05) is 35.7 Å². The lowest BCUT2D eigenvalue weighted by Gasteiger charge is -2.14. The molecule has 0 saturated heterocycles. The number of aryl methyl sites for hydroxylation is 5. The summed E-state index contributed by atoms with van der Waals surface area (Å²) in [6.07, 6.45) is 0.486. The number of fused-ring (bicyclic) bond motifs is 3. The van der Waals surface area contributed by atoms with Crippen LogP contribution in [-0.2, 0) is 19.5 Å². The lowest BCUT2D eigenvalue weighted by Crippen LogP contribution is -2.30. The van der Waals surface area contributed by atoms with Crippen molar-refractivity contribution in [2.75, 3.05) is 14.2 Å². The second kappa shape index (κ2) is 9.53. The van der Waals surface area contributed by atoms with Crippen LogP contribution in [0.4, 0.5) is 0 Å². The van der Waals surface area contributed by atoms with E-state index >= 15 is 0 Å². The molecule has 0 aliphatic heterocycles. The molecule has 0 radical (unpaired) electrons. The molecule has 190 valence electrons. The third-order valence-corrected chi connectivity index (χ3v) is 6.42. The van der Waals surface area contributed by atoms with Crippen molar-refractivity contribution in [1.29, 1.82) is 0 Å². The zero-order valence-corrected chi connectivity index (χ0v) is 21.5. The highest BCUT2D eigenvalue weighted by atomic mass is 16.5. The van der Waals surface area contributed by atoms with Gasteiger partial charge in [0.2, 0.25) is 0 Å². The molecule has 0 amide bonds. The minimum atomic E-state index is -0.458. The van der Waals surface area contributed by atoms with Gasteiger partial charge in [-0.05, 0) is 32.9 Å². The van der Waals surface area contributed by atoms with Gasteiger partial charge in [0.15, 0.2) is 28.8 Å². The summed E-state index contributed by atoms with van der Waals surface area (Å²) in [5, 5.41) is 9.63. The summed E-state index contributed by atoms with van der Waals surface area (Å²) in [4.78, 5) is 31.5. The molecule has 0 fully saturated rings. The second-order valence-corrected chi connectivity index (χ2v) is 9.05. The Morgan fingerprint density at radius 2 is 1.65 bits per heavy atom. The van der Waals surface area contributed by atoms with Gasteiger partial charge in [0.1, 0.15) is 0 Å². The number of methoxy groups -OCH3 is 2. The van der Waals surface area contributed by atoms with E-state index in [0.29, 0.717) is 52.4 Å². The van der Waals surface area contributed by atoms with Gasteiger partial charge in [-0.25, -0.2) is 9.78 Å². The molecule has 5 aromatic rings. The van der Waals surface area contributed by atoms with Crippen molar-refractivity contribution in [1.82, 2.24) is 28.9 Å². The fraction of sp³-hybridized carbons (Fsp3) is 0.296. The number of benzene rings is 2. The van der Waals surface area contributed by atoms with Gasteiger partial charge in [-0.3, -0.25) is 14.0 Å². The van der Waals surface area contributed by atoms with Crippen LogP contribution in [-0.4, -0.2) is 48.9 Å². The van der Waals surface area contributed by atoms with E-state index in [0.717, 1.165) is 17.0 Å². The standard InChI is InChI=1S/C27H28N6O4/c1-16-6-8-19(9-7-16)22(34)15-31-21-14-24(37-5)23(36-4)13-20(21)26-28-25(30-33(26)27(31)35)10-11-32-18(3)12-17(2)29-32/h6-9,12-14H,10-11,15H2,1-5H3. The molecule has 10 nitrogen and oxygen atoms in total. The van der Waals surface area contributed by atoms with E-state index in [-0.39, 0.29) is 12.3 Å². The molecule has 10 heteroatoms. The Kier molecular flexibility index (Phi) is 6.24. The molecule has 37 heavy (non-hydrogen) atoms. The molecule has 0 unspecified atom stereocenters. The number of nitrogens with zero attached hydrogens (tertiary/aromatic N) is 6. The molecule has 2 aromatic carbocycles. The quantitative estimate of drug-likeness (QED) is 0.301.